The average Bonchev–Trinajstić information content (AvgIpc) is 4.09. The van der Waals surface area contributed by atoms with Crippen molar-refractivity contribution < 1.29 is 119 Å². The van der Waals surface area contributed by atoms with Crippen molar-refractivity contribution >= 4 is 95.3 Å². The number of unbranched alkanes of at least 4 members (excludes halogenated alkanes) is 5. The summed E-state index contributed by atoms with van der Waals surface area (Å²) in [7, 11) is 9.84. The molecule has 0 aromatic carbocycles. The number of hydroxylamine groups is 2. The number of rotatable bonds is 34. The number of hydrogen-bond donors (Lipinski definition) is 6. The third-order valence-corrected chi connectivity index (χ3v) is 11.8. The average molecular weight is 1230 g/mol. The van der Waals surface area contributed by atoms with E-state index in [4.69, 9.17) is 9.57 Å². The van der Waals surface area contributed by atoms with E-state index in [1.54, 1.807) is 0 Å². The Morgan fingerprint density at radius 2 is 0.895 bits per heavy atom. The van der Waals surface area contributed by atoms with Crippen LogP contribution in [-0.4, -0.2) is 213 Å². The molecule has 486 valence electrons. The summed E-state index contributed by atoms with van der Waals surface area (Å²) < 4.78 is 35.7. The van der Waals surface area contributed by atoms with E-state index in [1.165, 1.54) is 87.8 Å². The van der Waals surface area contributed by atoms with Crippen molar-refractivity contribution in [1.82, 2.24) is 41.9 Å². The molecular formula is C53H84N8O25. The molecule has 0 saturated carbocycles. The zero-order valence-electron chi connectivity index (χ0n) is 50.4. The standard InChI is InChI=1S/C21H33N3O9.C15H23N3O6.C9H15NO5.C8H13NO5/c1-31-20(29)15(9-7-8-14-22-21(30)32-2)23-16(25)10-5-3-4-6-11-19(28)33-24-17(26)12-13-18(24)27;1-23-14(21)11(17-15(22)24-2)5-3-4-8-16-9-10-18-12(19)6-7-13(18)20;1-6(11)7(10-9(13)15-3)4-5-8(12)14-2;1-5(10)6(4-7(11)13-2)9-8(12)14-3/h15H,3-14H2,1-2H3,(H,22,30)(H,23,25);6-7,11,16H,3-5,8-10H2,1-2H3,(H,17,22);7H,4-5H2,1-3H3,(H,10,13);6H,4H2,1-3H3,(H,9,12). The summed E-state index contributed by atoms with van der Waals surface area (Å²) in [5.74, 6) is -5.13. The maximum atomic E-state index is 12.2. The van der Waals surface area contributed by atoms with Gasteiger partial charge in [-0.15, -0.1) is 5.06 Å². The van der Waals surface area contributed by atoms with Crippen LogP contribution in [0.5, 0.6) is 0 Å². The van der Waals surface area contributed by atoms with Gasteiger partial charge < -0.3 is 74.6 Å². The van der Waals surface area contributed by atoms with Crippen molar-refractivity contribution in [2.75, 3.05) is 83.1 Å². The third kappa shape index (κ3) is 37.4. The summed E-state index contributed by atoms with van der Waals surface area (Å²) in [6.07, 6.45) is 6.20. The topological polar surface area (TPSA) is 435 Å². The summed E-state index contributed by atoms with van der Waals surface area (Å²) >= 11 is 0. The molecule has 2 heterocycles. The van der Waals surface area contributed by atoms with Crippen LogP contribution in [0.3, 0.4) is 0 Å². The first kappa shape index (κ1) is 79.3. The fourth-order valence-electron chi connectivity index (χ4n) is 6.96. The van der Waals surface area contributed by atoms with Gasteiger partial charge in [0.2, 0.25) is 5.91 Å². The van der Waals surface area contributed by atoms with E-state index >= 15 is 0 Å². The van der Waals surface area contributed by atoms with Gasteiger partial charge in [0.25, 0.3) is 23.6 Å². The van der Waals surface area contributed by atoms with Gasteiger partial charge in [0.05, 0.1) is 69.3 Å². The summed E-state index contributed by atoms with van der Waals surface area (Å²) in [6, 6.07) is -3.11. The number of imide groups is 2. The number of ketones is 2. The number of amides is 9. The van der Waals surface area contributed by atoms with Gasteiger partial charge in [-0.25, -0.2) is 33.6 Å². The van der Waals surface area contributed by atoms with Crippen molar-refractivity contribution in [2.24, 2.45) is 0 Å². The number of methoxy groups -OCH3 is 8. The molecule has 2 rings (SSSR count). The molecule has 4 unspecified atom stereocenters. The highest BCUT2D eigenvalue weighted by molar-refractivity contribution is 6.12. The van der Waals surface area contributed by atoms with Crippen LogP contribution in [0, 0.1) is 0 Å². The third-order valence-electron chi connectivity index (χ3n) is 11.8. The number of carbonyl (C=O) groups excluding carboxylic acids is 16. The van der Waals surface area contributed by atoms with Gasteiger partial charge in [-0.2, -0.15) is 0 Å². The summed E-state index contributed by atoms with van der Waals surface area (Å²) in [5.41, 5.74) is 0. The monoisotopic (exact) mass is 1230 g/mol. The van der Waals surface area contributed by atoms with Crippen LogP contribution in [0.25, 0.3) is 0 Å². The molecule has 9 amide bonds. The lowest BCUT2D eigenvalue weighted by atomic mass is 10.1. The van der Waals surface area contributed by atoms with E-state index in [1.807, 2.05) is 0 Å². The molecule has 33 heteroatoms. The number of nitrogens with one attached hydrogen (secondary N) is 6. The van der Waals surface area contributed by atoms with Gasteiger partial charge in [-0.1, -0.05) is 12.8 Å². The Morgan fingerprint density at radius 3 is 1.36 bits per heavy atom. The van der Waals surface area contributed by atoms with E-state index in [2.05, 4.69) is 65.1 Å². The van der Waals surface area contributed by atoms with Gasteiger partial charge in [0.1, 0.15) is 18.1 Å². The molecular weight excluding hydrogens is 1150 g/mol. The van der Waals surface area contributed by atoms with Crippen LogP contribution < -0.4 is 31.9 Å². The van der Waals surface area contributed by atoms with Gasteiger partial charge in [0.15, 0.2) is 11.6 Å². The van der Waals surface area contributed by atoms with Crippen molar-refractivity contribution in [2.45, 2.75) is 147 Å². The first-order valence-corrected chi connectivity index (χ1v) is 27.0. The van der Waals surface area contributed by atoms with E-state index in [-0.39, 0.29) is 74.2 Å². The molecule has 0 spiro atoms. The van der Waals surface area contributed by atoms with Crippen LogP contribution in [0.15, 0.2) is 12.2 Å². The highest BCUT2D eigenvalue weighted by Crippen LogP contribution is 2.15. The quantitative estimate of drug-likeness (QED) is 0.0225. The number of ether oxygens (including phenoxy) is 8. The Labute approximate surface area is 497 Å². The van der Waals surface area contributed by atoms with Crippen molar-refractivity contribution in [3.05, 3.63) is 12.2 Å². The van der Waals surface area contributed by atoms with Gasteiger partial charge in [-0.05, 0) is 78.2 Å². The molecule has 86 heavy (non-hydrogen) atoms. The minimum absolute atomic E-state index is 0.0532. The second-order valence-corrected chi connectivity index (χ2v) is 18.1. The maximum Gasteiger partial charge on any atom is 0.407 e. The Kier molecular flexibility index (Phi) is 43.9. The molecule has 0 aromatic rings. The van der Waals surface area contributed by atoms with Crippen molar-refractivity contribution in [1.29, 1.82) is 0 Å². The van der Waals surface area contributed by atoms with E-state index in [9.17, 15) is 76.7 Å². The predicted octanol–water partition coefficient (Wildman–Crippen LogP) is 0.804. The van der Waals surface area contributed by atoms with Crippen LogP contribution in [0.4, 0.5) is 19.2 Å². The normalized spacial score (nSPS) is 13.3. The molecule has 0 aliphatic carbocycles. The molecule has 1 saturated heterocycles. The zero-order chi connectivity index (χ0) is 65.6. The fourth-order valence-corrected chi connectivity index (χ4v) is 6.96. The Morgan fingerprint density at radius 1 is 0.442 bits per heavy atom. The molecule has 6 N–H and O–H groups in total. The van der Waals surface area contributed by atoms with Crippen LogP contribution in [-0.2, 0) is 100 Å². The second-order valence-electron chi connectivity index (χ2n) is 18.1. The largest absolute Gasteiger partial charge is 0.469 e. The molecule has 2 aliphatic rings. The lowest BCUT2D eigenvalue weighted by Crippen LogP contribution is -2.41. The zero-order valence-corrected chi connectivity index (χ0v) is 50.4. The Balaban J connectivity index is 0. The number of alkyl carbamates (subject to hydrolysis) is 4. The molecule has 0 bridgehead atoms. The fraction of sp³-hybridized carbons (Fsp3) is 0.660. The predicted molar refractivity (Wildman–Crippen MR) is 295 cm³/mol. The smallest absolute Gasteiger partial charge is 0.407 e. The molecule has 33 nitrogen and oxygen atoms in total. The van der Waals surface area contributed by atoms with Gasteiger partial charge in [-0.3, -0.25) is 48.1 Å². The van der Waals surface area contributed by atoms with Gasteiger partial charge >= 0.3 is 54.2 Å². The van der Waals surface area contributed by atoms with Crippen LogP contribution in [0.2, 0.25) is 0 Å². The number of hydrogen-bond acceptors (Lipinski definition) is 26. The highest BCUT2D eigenvalue weighted by atomic mass is 16.7. The minimum atomic E-state index is -0.894. The Bertz CT molecular complexity index is 2240. The van der Waals surface area contributed by atoms with Crippen molar-refractivity contribution in [3.63, 3.8) is 0 Å². The lowest BCUT2D eigenvalue weighted by Gasteiger charge is -2.16. The van der Waals surface area contributed by atoms with E-state index in [0.29, 0.717) is 89.0 Å². The van der Waals surface area contributed by atoms with E-state index in [0.717, 1.165) is 6.42 Å². The molecule has 4 atom stereocenters. The van der Waals surface area contributed by atoms with Crippen molar-refractivity contribution in [3.8, 4) is 0 Å². The van der Waals surface area contributed by atoms with Gasteiger partial charge in [0, 0.05) is 63.9 Å². The highest BCUT2D eigenvalue weighted by Gasteiger charge is 2.33. The van der Waals surface area contributed by atoms with E-state index < -0.39 is 90.2 Å². The summed E-state index contributed by atoms with van der Waals surface area (Å²) in [4.78, 5) is 186. The number of Topliss-reactive ketones (excluding diaryl/α,β-unsaturated/α-hetero) is 2. The lowest BCUT2D eigenvalue weighted by molar-refractivity contribution is -0.197. The maximum absolute atomic E-state index is 12.2. The summed E-state index contributed by atoms with van der Waals surface area (Å²) in [6.45, 7) is 4.48. The SMILES string of the molecule is COC(=O)CC(NC(=O)OC)C(C)=O.COC(=O)CCC(NC(=O)OC)C(C)=O.COC(=O)NC(CCCCNCCN1C(=O)C=CC1=O)C(=O)OC.COC(=O)NCCCCC(NC(=O)CCCCCCC(=O)ON1C(=O)CCC1=O)C(=O)OC. The number of carbonyl (C=O) groups is 16. The first-order valence-electron chi connectivity index (χ1n) is 27.0. The minimum Gasteiger partial charge on any atom is -0.469 e. The second kappa shape index (κ2) is 47.6. The summed E-state index contributed by atoms with van der Waals surface area (Å²) in [5, 5.41) is 15.8. The molecule has 0 radical (unpaired) electrons. The molecule has 1 fully saturated rings. The molecule has 2 aliphatic heterocycles. The first-order chi connectivity index (χ1) is 40.8. The number of esters is 4. The Hall–Kier alpha value is -8.78. The van der Waals surface area contributed by atoms with Crippen LogP contribution in [0.1, 0.15) is 123 Å². The number of nitrogens with zero attached hydrogens (tertiary/aromatic N) is 2. The molecule has 0 aromatic heterocycles. The van der Waals surface area contributed by atoms with Crippen LogP contribution >= 0.6 is 0 Å².